The van der Waals surface area contributed by atoms with Crippen molar-refractivity contribution in [2.24, 2.45) is 0 Å². The van der Waals surface area contributed by atoms with Crippen LogP contribution in [0.5, 0.6) is 0 Å². The number of amides is 1. The first kappa shape index (κ1) is 17.4. The average Bonchev–Trinajstić information content (AvgIpc) is 3.29. The minimum absolute atomic E-state index is 0.0515. The van der Waals surface area contributed by atoms with Crippen LogP contribution in [0.3, 0.4) is 0 Å². The maximum atomic E-state index is 12.7. The summed E-state index contributed by atoms with van der Waals surface area (Å²) in [6, 6.07) is 5.90. The van der Waals surface area contributed by atoms with Gasteiger partial charge >= 0.3 is 0 Å². The molecule has 0 aliphatic carbocycles. The number of nitrogens with zero attached hydrogens (tertiary/aromatic N) is 7. The molecule has 8 nitrogen and oxygen atoms in total. The molecular formula is C19H23N7O. The summed E-state index contributed by atoms with van der Waals surface area (Å²) in [7, 11) is 0. The van der Waals surface area contributed by atoms with Gasteiger partial charge in [0.15, 0.2) is 0 Å². The Labute approximate surface area is 157 Å². The van der Waals surface area contributed by atoms with Gasteiger partial charge in [0.1, 0.15) is 11.6 Å². The van der Waals surface area contributed by atoms with Crippen LogP contribution in [0.1, 0.15) is 36.6 Å². The quantitative estimate of drug-likeness (QED) is 0.684. The van der Waals surface area contributed by atoms with Crippen LogP contribution in [0.15, 0.2) is 43.0 Å². The molecule has 0 spiro atoms. The molecule has 0 fully saturated rings. The van der Waals surface area contributed by atoms with E-state index in [4.69, 9.17) is 0 Å². The van der Waals surface area contributed by atoms with Crippen LogP contribution in [0.2, 0.25) is 0 Å². The highest BCUT2D eigenvalue weighted by Gasteiger charge is 2.23. The van der Waals surface area contributed by atoms with Gasteiger partial charge in [-0.15, -0.1) is 10.2 Å². The third-order valence-corrected chi connectivity index (χ3v) is 4.99. The normalized spacial score (nSPS) is 15.2. The number of carbonyl (C=O) groups is 1. The van der Waals surface area contributed by atoms with Gasteiger partial charge < -0.3 is 9.47 Å². The topological polar surface area (TPSA) is 81.7 Å². The molecule has 140 valence electrons. The van der Waals surface area contributed by atoms with E-state index >= 15 is 0 Å². The molecule has 0 saturated carbocycles. The third-order valence-electron chi connectivity index (χ3n) is 4.99. The van der Waals surface area contributed by atoms with Gasteiger partial charge in [-0.2, -0.15) is 5.10 Å². The van der Waals surface area contributed by atoms with Crippen LogP contribution in [-0.4, -0.2) is 53.4 Å². The van der Waals surface area contributed by atoms with E-state index in [1.807, 2.05) is 47.1 Å². The van der Waals surface area contributed by atoms with E-state index in [-0.39, 0.29) is 11.9 Å². The number of rotatable bonds is 5. The van der Waals surface area contributed by atoms with Crippen LogP contribution in [0.25, 0.3) is 0 Å². The molecule has 27 heavy (non-hydrogen) atoms. The fourth-order valence-corrected chi connectivity index (χ4v) is 3.47. The first-order valence-corrected chi connectivity index (χ1v) is 9.27. The van der Waals surface area contributed by atoms with Crippen LogP contribution in [-0.2, 0) is 24.2 Å². The largest absolute Gasteiger partial charge is 0.340 e. The predicted molar refractivity (Wildman–Crippen MR) is 98.9 cm³/mol. The Bertz CT molecular complexity index is 888. The summed E-state index contributed by atoms with van der Waals surface area (Å²) in [4.78, 5) is 18.8. The molecular weight excluding hydrogens is 342 g/mol. The van der Waals surface area contributed by atoms with Gasteiger partial charge in [0.25, 0.3) is 0 Å². The van der Waals surface area contributed by atoms with E-state index < -0.39 is 0 Å². The van der Waals surface area contributed by atoms with E-state index in [1.165, 1.54) is 0 Å². The molecule has 0 aromatic carbocycles. The Morgan fingerprint density at radius 1 is 1.19 bits per heavy atom. The summed E-state index contributed by atoms with van der Waals surface area (Å²) >= 11 is 0. The lowest BCUT2D eigenvalue weighted by molar-refractivity contribution is -0.132. The number of hydrogen-bond acceptors (Lipinski definition) is 5. The zero-order valence-corrected chi connectivity index (χ0v) is 15.4. The van der Waals surface area contributed by atoms with E-state index in [0.717, 1.165) is 30.2 Å². The standard InChI is InChI=1S/C19H23N7O/c1-15(26-8-3-7-21-26)12-19(27)24-9-5-17-22-23-18(25(17)11-10-24)13-16-4-2-6-20-14-16/h2-4,6-8,14-15H,5,9-13H2,1H3. The van der Waals surface area contributed by atoms with Crippen LogP contribution in [0.4, 0.5) is 0 Å². The molecule has 1 aliphatic rings. The first-order valence-electron chi connectivity index (χ1n) is 9.27. The molecule has 4 heterocycles. The fraction of sp³-hybridized carbons (Fsp3) is 0.421. The molecule has 1 amide bonds. The summed E-state index contributed by atoms with van der Waals surface area (Å²) in [6.45, 7) is 4.09. The van der Waals surface area contributed by atoms with Crippen LogP contribution < -0.4 is 0 Å². The Balaban J connectivity index is 1.40. The van der Waals surface area contributed by atoms with Crippen molar-refractivity contribution in [1.82, 2.24) is 34.4 Å². The minimum Gasteiger partial charge on any atom is -0.340 e. The zero-order valence-electron chi connectivity index (χ0n) is 15.4. The third kappa shape index (κ3) is 3.89. The van der Waals surface area contributed by atoms with E-state index in [0.29, 0.717) is 25.9 Å². The molecule has 3 aromatic heterocycles. The van der Waals surface area contributed by atoms with Gasteiger partial charge in [0.05, 0.1) is 6.04 Å². The number of pyridine rings is 1. The Morgan fingerprint density at radius 3 is 2.89 bits per heavy atom. The van der Waals surface area contributed by atoms with E-state index in [1.54, 1.807) is 12.4 Å². The van der Waals surface area contributed by atoms with E-state index in [2.05, 4.69) is 24.8 Å². The number of carbonyl (C=O) groups excluding carboxylic acids is 1. The van der Waals surface area contributed by atoms with Crippen molar-refractivity contribution in [1.29, 1.82) is 0 Å². The van der Waals surface area contributed by atoms with Gasteiger partial charge in [-0.05, 0) is 24.6 Å². The molecule has 8 heteroatoms. The zero-order chi connectivity index (χ0) is 18.6. The summed E-state index contributed by atoms with van der Waals surface area (Å²) < 4.78 is 3.98. The number of aromatic nitrogens is 6. The number of hydrogen-bond donors (Lipinski definition) is 0. The Morgan fingerprint density at radius 2 is 2.11 bits per heavy atom. The molecule has 0 N–H and O–H groups in total. The predicted octanol–water partition coefficient (Wildman–Crippen LogP) is 1.50. The smallest absolute Gasteiger partial charge is 0.224 e. The second-order valence-corrected chi connectivity index (χ2v) is 6.89. The van der Waals surface area contributed by atoms with Gasteiger partial charge in [-0.25, -0.2) is 0 Å². The van der Waals surface area contributed by atoms with Crippen molar-refractivity contribution in [3.63, 3.8) is 0 Å². The minimum atomic E-state index is 0.0515. The van der Waals surface area contributed by atoms with Crippen molar-refractivity contribution in [2.75, 3.05) is 13.1 Å². The SMILES string of the molecule is CC(CC(=O)N1CCc2nnc(Cc3cccnc3)n2CC1)n1cccn1. The monoisotopic (exact) mass is 365 g/mol. The molecule has 1 aliphatic heterocycles. The Hall–Kier alpha value is -3.03. The van der Waals surface area contributed by atoms with Crippen LogP contribution in [0, 0.1) is 0 Å². The molecule has 1 unspecified atom stereocenters. The van der Waals surface area contributed by atoms with Crippen LogP contribution >= 0.6 is 0 Å². The van der Waals surface area contributed by atoms with Gasteiger partial charge in [-0.3, -0.25) is 14.5 Å². The maximum Gasteiger partial charge on any atom is 0.224 e. The molecule has 3 aromatic rings. The summed E-state index contributed by atoms with van der Waals surface area (Å²) in [5.41, 5.74) is 1.11. The molecule has 0 radical (unpaired) electrons. The molecule has 0 bridgehead atoms. The van der Waals surface area contributed by atoms with Crippen molar-refractivity contribution in [2.45, 2.75) is 38.8 Å². The fourth-order valence-electron chi connectivity index (χ4n) is 3.47. The van der Waals surface area contributed by atoms with Crippen molar-refractivity contribution >= 4 is 5.91 Å². The van der Waals surface area contributed by atoms with Gasteiger partial charge in [-0.1, -0.05) is 6.07 Å². The highest BCUT2D eigenvalue weighted by atomic mass is 16.2. The van der Waals surface area contributed by atoms with Gasteiger partial charge in [0.2, 0.25) is 5.91 Å². The number of fused-ring (bicyclic) bond motifs is 1. The molecule has 1 atom stereocenters. The lowest BCUT2D eigenvalue weighted by Gasteiger charge is -2.22. The summed E-state index contributed by atoms with van der Waals surface area (Å²) in [5.74, 6) is 2.03. The summed E-state index contributed by atoms with van der Waals surface area (Å²) in [5, 5.41) is 12.9. The second-order valence-electron chi connectivity index (χ2n) is 6.89. The van der Waals surface area contributed by atoms with Gasteiger partial charge in [0, 0.05) is 63.7 Å². The lowest BCUT2D eigenvalue weighted by Crippen LogP contribution is -2.35. The second kappa shape index (κ2) is 7.69. The highest BCUT2D eigenvalue weighted by molar-refractivity contribution is 5.76. The maximum absolute atomic E-state index is 12.7. The summed E-state index contributed by atoms with van der Waals surface area (Å²) in [6.07, 6.45) is 9.12. The average molecular weight is 365 g/mol. The van der Waals surface area contributed by atoms with E-state index in [9.17, 15) is 4.79 Å². The van der Waals surface area contributed by atoms with Crippen molar-refractivity contribution in [3.05, 3.63) is 60.2 Å². The lowest BCUT2D eigenvalue weighted by atomic mass is 10.2. The molecule has 4 rings (SSSR count). The highest BCUT2D eigenvalue weighted by Crippen LogP contribution is 2.16. The molecule has 0 saturated heterocycles. The van der Waals surface area contributed by atoms with Crippen molar-refractivity contribution in [3.8, 4) is 0 Å². The first-order chi connectivity index (χ1) is 13.2. The Kier molecular flexibility index (Phi) is 4.95. The van der Waals surface area contributed by atoms with Crippen molar-refractivity contribution < 1.29 is 4.79 Å².